The van der Waals surface area contributed by atoms with E-state index >= 15 is 0 Å². The zero-order chi connectivity index (χ0) is 15.5. The molecule has 2 aromatic rings. The normalized spacial score (nSPS) is 17.4. The van der Waals surface area contributed by atoms with Crippen LogP contribution in [-0.4, -0.2) is 51.0 Å². The molecule has 116 valence electrons. The fourth-order valence-corrected chi connectivity index (χ4v) is 2.99. The summed E-state index contributed by atoms with van der Waals surface area (Å²) in [5.41, 5.74) is 2.82. The number of fused-ring (bicyclic) bond motifs is 1. The maximum Gasteiger partial charge on any atom is 0.255 e. The molecule has 0 aliphatic carbocycles. The molecule has 1 unspecified atom stereocenters. The predicted octanol–water partition coefficient (Wildman–Crippen LogP) is 1.08. The first kappa shape index (κ1) is 14.6. The van der Waals surface area contributed by atoms with E-state index in [2.05, 4.69) is 22.2 Å². The van der Waals surface area contributed by atoms with Crippen molar-refractivity contribution in [3.05, 3.63) is 41.5 Å². The number of ether oxygens (including phenoxy) is 1. The Bertz CT molecular complexity index is 655. The summed E-state index contributed by atoms with van der Waals surface area (Å²) in [6, 6.07) is 1.69. The SMILES string of the molecule is CCn1ncc2c1C(COC)CN(C(=O)c1ccnnc1)C2. The average Bonchev–Trinajstić information content (AvgIpc) is 2.98. The highest BCUT2D eigenvalue weighted by Gasteiger charge is 2.31. The second-order valence-corrected chi connectivity index (χ2v) is 5.34. The molecule has 7 heteroatoms. The summed E-state index contributed by atoms with van der Waals surface area (Å²) in [5, 5.41) is 11.9. The minimum atomic E-state index is -0.0362. The van der Waals surface area contributed by atoms with Gasteiger partial charge in [-0.05, 0) is 13.0 Å². The van der Waals surface area contributed by atoms with Crippen molar-refractivity contribution in [1.82, 2.24) is 24.9 Å². The summed E-state index contributed by atoms with van der Waals surface area (Å²) in [7, 11) is 1.68. The maximum atomic E-state index is 12.6. The molecule has 0 aromatic carbocycles. The Labute approximate surface area is 128 Å². The van der Waals surface area contributed by atoms with Gasteiger partial charge in [-0.3, -0.25) is 9.48 Å². The molecule has 0 bridgehead atoms. The smallest absolute Gasteiger partial charge is 0.255 e. The van der Waals surface area contributed by atoms with Crippen LogP contribution in [0.3, 0.4) is 0 Å². The number of hydrogen-bond acceptors (Lipinski definition) is 5. The zero-order valence-electron chi connectivity index (χ0n) is 12.8. The Hall–Kier alpha value is -2.28. The topological polar surface area (TPSA) is 73.1 Å². The molecule has 1 aliphatic heterocycles. The van der Waals surface area contributed by atoms with Crippen LogP contribution in [0.5, 0.6) is 0 Å². The lowest BCUT2D eigenvalue weighted by molar-refractivity contribution is 0.0675. The maximum absolute atomic E-state index is 12.6. The van der Waals surface area contributed by atoms with Crippen molar-refractivity contribution in [1.29, 1.82) is 0 Å². The van der Waals surface area contributed by atoms with Gasteiger partial charge in [-0.25, -0.2) is 0 Å². The minimum Gasteiger partial charge on any atom is -0.384 e. The van der Waals surface area contributed by atoms with Crippen LogP contribution in [0.15, 0.2) is 24.7 Å². The van der Waals surface area contributed by atoms with E-state index in [0.29, 0.717) is 25.3 Å². The van der Waals surface area contributed by atoms with Gasteiger partial charge in [0.15, 0.2) is 0 Å². The van der Waals surface area contributed by atoms with Crippen LogP contribution in [0, 0.1) is 0 Å². The van der Waals surface area contributed by atoms with E-state index in [1.165, 1.54) is 18.1 Å². The highest BCUT2D eigenvalue weighted by Crippen LogP contribution is 2.29. The third-order valence-corrected chi connectivity index (χ3v) is 3.93. The number of methoxy groups -OCH3 is 1. The first-order valence-corrected chi connectivity index (χ1v) is 7.34. The number of amides is 1. The molecule has 7 nitrogen and oxygen atoms in total. The standard InChI is InChI=1S/C15H19N5O2/c1-3-20-14-12(7-18-20)8-19(9-13(14)10-22-2)15(21)11-4-5-16-17-6-11/h4-7,13H,3,8-10H2,1-2H3. The molecular formula is C15H19N5O2. The van der Waals surface area contributed by atoms with Gasteiger partial charge < -0.3 is 9.64 Å². The number of carbonyl (C=O) groups is 1. The Balaban J connectivity index is 1.89. The number of hydrogen-bond donors (Lipinski definition) is 0. The van der Waals surface area contributed by atoms with Crippen LogP contribution in [0.1, 0.15) is 34.5 Å². The van der Waals surface area contributed by atoms with Crippen molar-refractivity contribution in [2.75, 3.05) is 20.3 Å². The molecule has 1 atom stereocenters. The molecule has 3 heterocycles. The Morgan fingerprint density at radius 3 is 2.95 bits per heavy atom. The Morgan fingerprint density at radius 2 is 2.27 bits per heavy atom. The van der Waals surface area contributed by atoms with E-state index in [4.69, 9.17) is 4.74 Å². The monoisotopic (exact) mass is 301 g/mol. The second-order valence-electron chi connectivity index (χ2n) is 5.34. The molecule has 0 saturated heterocycles. The molecule has 0 spiro atoms. The quantitative estimate of drug-likeness (QED) is 0.845. The van der Waals surface area contributed by atoms with E-state index in [-0.39, 0.29) is 11.8 Å². The number of rotatable bonds is 4. The van der Waals surface area contributed by atoms with Gasteiger partial charge in [0.2, 0.25) is 0 Å². The molecule has 0 fully saturated rings. The van der Waals surface area contributed by atoms with E-state index in [1.54, 1.807) is 13.2 Å². The van der Waals surface area contributed by atoms with Gasteiger partial charge in [0.1, 0.15) is 0 Å². The molecule has 3 rings (SSSR count). The number of aryl methyl sites for hydroxylation is 1. The van der Waals surface area contributed by atoms with Crippen LogP contribution in [0.2, 0.25) is 0 Å². The number of aromatic nitrogens is 4. The van der Waals surface area contributed by atoms with Crippen LogP contribution in [0.4, 0.5) is 0 Å². The summed E-state index contributed by atoms with van der Waals surface area (Å²) < 4.78 is 7.33. The highest BCUT2D eigenvalue weighted by atomic mass is 16.5. The lowest BCUT2D eigenvalue weighted by Crippen LogP contribution is -2.40. The van der Waals surface area contributed by atoms with E-state index in [9.17, 15) is 4.79 Å². The van der Waals surface area contributed by atoms with E-state index in [1.807, 2.05) is 15.8 Å². The van der Waals surface area contributed by atoms with Gasteiger partial charge >= 0.3 is 0 Å². The molecule has 1 aliphatic rings. The first-order valence-electron chi connectivity index (χ1n) is 7.34. The summed E-state index contributed by atoms with van der Waals surface area (Å²) in [4.78, 5) is 14.4. The molecule has 0 radical (unpaired) electrons. The largest absolute Gasteiger partial charge is 0.384 e. The van der Waals surface area contributed by atoms with Crippen molar-refractivity contribution < 1.29 is 9.53 Å². The van der Waals surface area contributed by atoms with Gasteiger partial charge in [-0.1, -0.05) is 0 Å². The predicted molar refractivity (Wildman–Crippen MR) is 79.3 cm³/mol. The number of nitrogens with zero attached hydrogens (tertiary/aromatic N) is 5. The van der Waals surface area contributed by atoms with Gasteiger partial charge in [0, 0.05) is 38.2 Å². The minimum absolute atomic E-state index is 0.0362. The van der Waals surface area contributed by atoms with Crippen molar-refractivity contribution in [3.63, 3.8) is 0 Å². The van der Waals surface area contributed by atoms with Crippen molar-refractivity contribution in [2.24, 2.45) is 0 Å². The van der Waals surface area contributed by atoms with E-state index in [0.717, 1.165) is 12.1 Å². The lowest BCUT2D eigenvalue weighted by Gasteiger charge is -2.33. The third-order valence-electron chi connectivity index (χ3n) is 3.93. The Morgan fingerprint density at radius 1 is 1.41 bits per heavy atom. The van der Waals surface area contributed by atoms with Crippen LogP contribution < -0.4 is 0 Å². The van der Waals surface area contributed by atoms with Gasteiger partial charge in [0.25, 0.3) is 5.91 Å². The second kappa shape index (κ2) is 6.23. The van der Waals surface area contributed by atoms with Crippen LogP contribution >= 0.6 is 0 Å². The van der Waals surface area contributed by atoms with E-state index < -0.39 is 0 Å². The van der Waals surface area contributed by atoms with Crippen LogP contribution in [-0.2, 0) is 17.8 Å². The third kappa shape index (κ3) is 2.59. The lowest BCUT2D eigenvalue weighted by atomic mass is 9.96. The average molecular weight is 301 g/mol. The highest BCUT2D eigenvalue weighted by molar-refractivity contribution is 5.94. The zero-order valence-corrected chi connectivity index (χ0v) is 12.8. The first-order chi connectivity index (χ1) is 10.7. The number of carbonyl (C=O) groups excluding carboxylic acids is 1. The summed E-state index contributed by atoms with van der Waals surface area (Å²) >= 11 is 0. The molecule has 0 N–H and O–H groups in total. The summed E-state index contributed by atoms with van der Waals surface area (Å²) in [5.74, 6) is 0.0980. The van der Waals surface area contributed by atoms with Crippen molar-refractivity contribution >= 4 is 5.91 Å². The molecule has 0 saturated carbocycles. The van der Waals surface area contributed by atoms with Crippen molar-refractivity contribution in [2.45, 2.75) is 25.9 Å². The molecular weight excluding hydrogens is 282 g/mol. The molecule has 2 aromatic heterocycles. The summed E-state index contributed by atoms with van der Waals surface area (Å²) in [6.07, 6.45) is 4.88. The van der Waals surface area contributed by atoms with Gasteiger partial charge in [-0.2, -0.15) is 15.3 Å². The fraction of sp³-hybridized carbons (Fsp3) is 0.467. The molecule has 1 amide bonds. The van der Waals surface area contributed by atoms with Crippen molar-refractivity contribution in [3.8, 4) is 0 Å². The fourth-order valence-electron chi connectivity index (χ4n) is 2.99. The summed E-state index contributed by atoms with van der Waals surface area (Å²) in [6.45, 7) is 4.64. The van der Waals surface area contributed by atoms with Gasteiger partial charge in [-0.15, -0.1) is 0 Å². The molecule has 22 heavy (non-hydrogen) atoms. The van der Waals surface area contributed by atoms with Gasteiger partial charge in [0.05, 0.1) is 36.5 Å². The van der Waals surface area contributed by atoms with Crippen LogP contribution in [0.25, 0.3) is 0 Å². The Kier molecular flexibility index (Phi) is 4.15.